The SMILES string of the molecule is CSCCCNc1nccc(N)n1. The summed E-state index contributed by atoms with van der Waals surface area (Å²) in [5.41, 5.74) is 5.49. The highest BCUT2D eigenvalue weighted by Crippen LogP contribution is 2.01. The molecule has 0 radical (unpaired) electrons. The Morgan fingerprint density at radius 3 is 3.15 bits per heavy atom. The van der Waals surface area contributed by atoms with Gasteiger partial charge in [0.25, 0.3) is 0 Å². The first-order valence-electron chi connectivity index (χ1n) is 4.14. The Morgan fingerprint density at radius 1 is 1.62 bits per heavy atom. The lowest BCUT2D eigenvalue weighted by molar-refractivity contribution is 0.964. The number of nitrogens with one attached hydrogen (secondary N) is 1. The topological polar surface area (TPSA) is 63.8 Å². The van der Waals surface area contributed by atoms with E-state index >= 15 is 0 Å². The molecule has 0 aliphatic carbocycles. The van der Waals surface area contributed by atoms with Gasteiger partial charge in [0.05, 0.1) is 0 Å². The maximum atomic E-state index is 5.49. The van der Waals surface area contributed by atoms with Gasteiger partial charge in [-0.25, -0.2) is 4.98 Å². The fourth-order valence-electron chi connectivity index (χ4n) is 0.875. The van der Waals surface area contributed by atoms with Gasteiger partial charge < -0.3 is 11.1 Å². The number of aromatic nitrogens is 2. The number of hydrogen-bond donors (Lipinski definition) is 2. The first kappa shape index (κ1) is 10.1. The third kappa shape index (κ3) is 3.98. The summed E-state index contributed by atoms with van der Waals surface area (Å²) >= 11 is 1.83. The zero-order valence-corrected chi connectivity index (χ0v) is 8.47. The lowest BCUT2D eigenvalue weighted by atomic mass is 10.5. The molecule has 0 aliphatic rings. The molecule has 4 nitrogen and oxygen atoms in total. The van der Waals surface area contributed by atoms with Crippen LogP contribution in [0, 0.1) is 0 Å². The minimum Gasteiger partial charge on any atom is -0.384 e. The molecule has 13 heavy (non-hydrogen) atoms. The number of nitrogens with two attached hydrogens (primary N) is 1. The molecule has 0 amide bonds. The average Bonchev–Trinajstić information content (AvgIpc) is 2.13. The maximum absolute atomic E-state index is 5.49. The minimum absolute atomic E-state index is 0.502. The summed E-state index contributed by atoms with van der Waals surface area (Å²) in [5.74, 6) is 2.26. The molecule has 0 atom stereocenters. The lowest BCUT2D eigenvalue weighted by Gasteiger charge is -2.03. The van der Waals surface area contributed by atoms with E-state index in [1.54, 1.807) is 12.3 Å². The van der Waals surface area contributed by atoms with Crippen molar-refractivity contribution >= 4 is 23.5 Å². The van der Waals surface area contributed by atoms with Gasteiger partial charge in [-0.1, -0.05) is 0 Å². The predicted octanol–water partition coefficient (Wildman–Crippen LogP) is 1.22. The van der Waals surface area contributed by atoms with Crippen molar-refractivity contribution in [3.05, 3.63) is 12.3 Å². The summed E-state index contributed by atoms with van der Waals surface area (Å²) in [6.07, 6.45) is 4.86. The highest BCUT2D eigenvalue weighted by atomic mass is 32.2. The second-order valence-electron chi connectivity index (χ2n) is 2.58. The largest absolute Gasteiger partial charge is 0.384 e. The van der Waals surface area contributed by atoms with Gasteiger partial charge in [-0.15, -0.1) is 0 Å². The molecular formula is C8H14N4S. The van der Waals surface area contributed by atoms with Gasteiger partial charge in [-0.3, -0.25) is 0 Å². The molecule has 0 unspecified atom stereocenters. The summed E-state index contributed by atoms with van der Waals surface area (Å²) in [6, 6.07) is 1.67. The van der Waals surface area contributed by atoms with E-state index in [9.17, 15) is 0 Å². The van der Waals surface area contributed by atoms with Crippen LogP contribution in [0.4, 0.5) is 11.8 Å². The molecule has 0 saturated heterocycles. The monoisotopic (exact) mass is 198 g/mol. The molecule has 0 bridgehead atoms. The van der Waals surface area contributed by atoms with E-state index in [2.05, 4.69) is 21.5 Å². The van der Waals surface area contributed by atoms with E-state index < -0.39 is 0 Å². The number of hydrogen-bond acceptors (Lipinski definition) is 5. The average molecular weight is 198 g/mol. The molecule has 0 aliphatic heterocycles. The Bertz CT molecular complexity index is 254. The molecule has 0 spiro atoms. The Morgan fingerprint density at radius 2 is 2.46 bits per heavy atom. The van der Waals surface area contributed by atoms with E-state index in [0.717, 1.165) is 18.7 Å². The Hall–Kier alpha value is -0.970. The van der Waals surface area contributed by atoms with E-state index in [0.29, 0.717) is 11.8 Å². The minimum atomic E-state index is 0.502. The van der Waals surface area contributed by atoms with Gasteiger partial charge in [0.15, 0.2) is 0 Å². The van der Waals surface area contributed by atoms with Crippen molar-refractivity contribution in [2.75, 3.05) is 29.6 Å². The Balaban J connectivity index is 2.28. The van der Waals surface area contributed by atoms with Crippen LogP contribution in [0.2, 0.25) is 0 Å². The van der Waals surface area contributed by atoms with Gasteiger partial charge in [0, 0.05) is 12.7 Å². The molecule has 1 aromatic rings. The first-order chi connectivity index (χ1) is 6.33. The van der Waals surface area contributed by atoms with E-state index in [1.807, 2.05) is 11.8 Å². The molecule has 1 aromatic heterocycles. The Labute approximate surface area is 82.3 Å². The first-order valence-corrected chi connectivity index (χ1v) is 5.53. The highest BCUT2D eigenvalue weighted by molar-refractivity contribution is 7.98. The van der Waals surface area contributed by atoms with Gasteiger partial charge in [-0.05, 0) is 24.5 Å². The van der Waals surface area contributed by atoms with E-state index in [4.69, 9.17) is 5.73 Å². The molecule has 5 heteroatoms. The van der Waals surface area contributed by atoms with Crippen molar-refractivity contribution in [3.8, 4) is 0 Å². The molecule has 0 fully saturated rings. The van der Waals surface area contributed by atoms with Crippen LogP contribution in [-0.2, 0) is 0 Å². The summed E-state index contributed by atoms with van der Waals surface area (Å²) in [7, 11) is 0. The summed E-state index contributed by atoms with van der Waals surface area (Å²) < 4.78 is 0. The number of rotatable bonds is 5. The fraction of sp³-hybridized carbons (Fsp3) is 0.500. The molecule has 72 valence electrons. The second kappa shape index (κ2) is 5.64. The van der Waals surface area contributed by atoms with Gasteiger partial charge in [0.2, 0.25) is 5.95 Å². The third-order valence-electron chi connectivity index (χ3n) is 1.49. The zero-order chi connectivity index (χ0) is 9.52. The van der Waals surface area contributed by atoms with Crippen molar-refractivity contribution in [3.63, 3.8) is 0 Å². The van der Waals surface area contributed by atoms with Crippen LogP contribution >= 0.6 is 11.8 Å². The van der Waals surface area contributed by atoms with Crippen LogP contribution in [0.3, 0.4) is 0 Å². The van der Waals surface area contributed by atoms with E-state index in [-0.39, 0.29) is 0 Å². The van der Waals surface area contributed by atoms with Crippen molar-refractivity contribution in [2.45, 2.75) is 6.42 Å². The standard InChI is InChI=1S/C8H14N4S/c1-13-6-2-4-10-8-11-5-3-7(9)12-8/h3,5H,2,4,6H2,1H3,(H3,9,10,11,12). The van der Waals surface area contributed by atoms with Crippen molar-refractivity contribution in [1.82, 2.24) is 9.97 Å². The third-order valence-corrected chi connectivity index (χ3v) is 2.18. The molecule has 0 aromatic carbocycles. The van der Waals surface area contributed by atoms with Crippen LogP contribution < -0.4 is 11.1 Å². The number of nitrogen functional groups attached to an aromatic ring is 1. The van der Waals surface area contributed by atoms with Crippen LogP contribution in [0.5, 0.6) is 0 Å². The van der Waals surface area contributed by atoms with Crippen LogP contribution in [-0.4, -0.2) is 28.5 Å². The van der Waals surface area contributed by atoms with E-state index in [1.165, 1.54) is 0 Å². The van der Waals surface area contributed by atoms with Crippen molar-refractivity contribution in [1.29, 1.82) is 0 Å². The maximum Gasteiger partial charge on any atom is 0.224 e. The van der Waals surface area contributed by atoms with Crippen LogP contribution in [0.25, 0.3) is 0 Å². The van der Waals surface area contributed by atoms with Gasteiger partial charge in [0.1, 0.15) is 5.82 Å². The van der Waals surface area contributed by atoms with Gasteiger partial charge >= 0.3 is 0 Å². The van der Waals surface area contributed by atoms with Crippen LogP contribution in [0.1, 0.15) is 6.42 Å². The predicted molar refractivity (Wildman–Crippen MR) is 57.9 cm³/mol. The fourth-order valence-corrected chi connectivity index (χ4v) is 1.31. The zero-order valence-electron chi connectivity index (χ0n) is 7.66. The number of anilines is 2. The molecule has 1 rings (SSSR count). The number of thioether (sulfide) groups is 1. The normalized spacial score (nSPS) is 9.92. The molecular weight excluding hydrogens is 184 g/mol. The smallest absolute Gasteiger partial charge is 0.224 e. The quantitative estimate of drug-likeness (QED) is 0.697. The van der Waals surface area contributed by atoms with Gasteiger partial charge in [-0.2, -0.15) is 16.7 Å². The Kier molecular flexibility index (Phi) is 4.39. The summed E-state index contributed by atoms with van der Waals surface area (Å²) in [6.45, 7) is 0.893. The van der Waals surface area contributed by atoms with Crippen LogP contribution in [0.15, 0.2) is 12.3 Å². The second-order valence-corrected chi connectivity index (χ2v) is 3.56. The summed E-state index contributed by atoms with van der Waals surface area (Å²) in [5, 5.41) is 3.10. The number of nitrogens with zero attached hydrogens (tertiary/aromatic N) is 2. The van der Waals surface area contributed by atoms with Crippen molar-refractivity contribution < 1.29 is 0 Å². The summed E-state index contributed by atoms with van der Waals surface area (Å²) in [4.78, 5) is 8.05. The molecule has 3 N–H and O–H groups in total. The lowest BCUT2D eigenvalue weighted by Crippen LogP contribution is -2.06. The molecule has 0 saturated carbocycles. The highest BCUT2D eigenvalue weighted by Gasteiger charge is 1.94. The van der Waals surface area contributed by atoms with Crippen molar-refractivity contribution in [2.24, 2.45) is 0 Å². The molecule has 1 heterocycles.